The molecule has 1 fully saturated rings. The van der Waals surface area contributed by atoms with Crippen molar-refractivity contribution < 1.29 is 5.11 Å². The van der Waals surface area contributed by atoms with E-state index in [1.165, 1.54) is 18.4 Å². The molecule has 0 saturated carbocycles. The summed E-state index contributed by atoms with van der Waals surface area (Å²) in [5, 5.41) is 9.28. The van der Waals surface area contributed by atoms with Crippen molar-refractivity contribution >= 4 is 15.9 Å². The number of aliphatic hydroxyl groups is 1. The first kappa shape index (κ1) is 15.0. The first-order valence-electron chi connectivity index (χ1n) is 6.97. The van der Waals surface area contributed by atoms with Crippen LogP contribution in [0.4, 0.5) is 0 Å². The maximum Gasteiger partial charge on any atom is 0.0558 e. The van der Waals surface area contributed by atoms with Gasteiger partial charge in [-0.3, -0.25) is 4.90 Å². The third-order valence-corrected chi connectivity index (χ3v) is 4.42. The normalized spacial score (nSPS) is 18.1. The Morgan fingerprint density at radius 2 is 1.89 bits per heavy atom. The third-order valence-electron chi connectivity index (χ3n) is 3.89. The van der Waals surface area contributed by atoms with Gasteiger partial charge in [0.15, 0.2) is 0 Å². The molecule has 1 aliphatic heterocycles. The number of hydrogen-bond acceptors (Lipinski definition) is 3. The zero-order chi connectivity index (χ0) is 13.7. The standard InChI is InChI=1S/C15H23BrN2O/c1-17-8-6-15(7-9-17)18(10-11-19)12-13-2-4-14(16)5-3-13/h2-5,15,19H,6-12H2,1H3. The Morgan fingerprint density at radius 3 is 2.47 bits per heavy atom. The lowest BCUT2D eigenvalue weighted by molar-refractivity contribution is 0.0941. The van der Waals surface area contributed by atoms with Crippen LogP contribution in [0.2, 0.25) is 0 Å². The Morgan fingerprint density at radius 1 is 1.26 bits per heavy atom. The van der Waals surface area contributed by atoms with Gasteiger partial charge in [0.25, 0.3) is 0 Å². The van der Waals surface area contributed by atoms with Gasteiger partial charge in [0.1, 0.15) is 0 Å². The summed E-state index contributed by atoms with van der Waals surface area (Å²) in [7, 11) is 2.18. The highest BCUT2D eigenvalue weighted by molar-refractivity contribution is 9.10. The Bertz CT molecular complexity index is 374. The van der Waals surface area contributed by atoms with Crippen LogP contribution in [0.15, 0.2) is 28.7 Å². The number of piperidine rings is 1. The number of aliphatic hydroxyl groups excluding tert-OH is 1. The summed E-state index contributed by atoms with van der Waals surface area (Å²) >= 11 is 3.47. The molecule has 2 rings (SSSR count). The van der Waals surface area contributed by atoms with Gasteiger partial charge in [-0.15, -0.1) is 0 Å². The Labute approximate surface area is 124 Å². The molecule has 1 N–H and O–H groups in total. The molecule has 1 aliphatic rings. The van der Waals surface area contributed by atoms with E-state index in [-0.39, 0.29) is 6.61 Å². The molecule has 1 saturated heterocycles. The molecule has 106 valence electrons. The highest BCUT2D eigenvalue weighted by Gasteiger charge is 2.22. The smallest absolute Gasteiger partial charge is 0.0558 e. The average molecular weight is 327 g/mol. The topological polar surface area (TPSA) is 26.7 Å². The third kappa shape index (κ3) is 4.56. The van der Waals surface area contributed by atoms with Gasteiger partial charge in [-0.25, -0.2) is 0 Å². The monoisotopic (exact) mass is 326 g/mol. The predicted octanol–water partition coefficient (Wildman–Crippen LogP) is 2.34. The SMILES string of the molecule is CN1CCC(N(CCO)Cc2ccc(Br)cc2)CC1. The maximum absolute atomic E-state index is 9.28. The minimum absolute atomic E-state index is 0.239. The van der Waals surface area contributed by atoms with Crippen molar-refractivity contribution in [2.45, 2.75) is 25.4 Å². The van der Waals surface area contributed by atoms with Crippen molar-refractivity contribution in [2.75, 3.05) is 33.3 Å². The van der Waals surface area contributed by atoms with Crippen molar-refractivity contribution in [3.05, 3.63) is 34.3 Å². The van der Waals surface area contributed by atoms with Gasteiger partial charge in [0.2, 0.25) is 0 Å². The molecule has 0 aromatic heterocycles. The quantitative estimate of drug-likeness (QED) is 0.899. The van der Waals surface area contributed by atoms with Crippen LogP contribution in [0.1, 0.15) is 18.4 Å². The molecule has 0 unspecified atom stereocenters. The molecule has 0 radical (unpaired) electrons. The van der Waals surface area contributed by atoms with Gasteiger partial charge in [-0.1, -0.05) is 28.1 Å². The molecule has 0 amide bonds. The number of hydrogen-bond donors (Lipinski definition) is 1. The lowest BCUT2D eigenvalue weighted by Crippen LogP contribution is -2.44. The molecule has 19 heavy (non-hydrogen) atoms. The highest BCUT2D eigenvalue weighted by atomic mass is 79.9. The van der Waals surface area contributed by atoms with E-state index < -0.39 is 0 Å². The highest BCUT2D eigenvalue weighted by Crippen LogP contribution is 2.19. The Hall–Kier alpha value is -0.420. The second kappa shape index (κ2) is 7.39. The fraction of sp³-hybridized carbons (Fsp3) is 0.600. The van der Waals surface area contributed by atoms with E-state index in [2.05, 4.69) is 57.0 Å². The maximum atomic E-state index is 9.28. The fourth-order valence-electron chi connectivity index (χ4n) is 2.70. The molecule has 0 aliphatic carbocycles. The minimum atomic E-state index is 0.239. The summed E-state index contributed by atoms with van der Waals surface area (Å²) < 4.78 is 1.12. The first-order valence-corrected chi connectivity index (χ1v) is 7.76. The van der Waals surface area contributed by atoms with Gasteiger partial charge in [0, 0.05) is 23.6 Å². The van der Waals surface area contributed by atoms with E-state index in [0.717, 1.165) is 30.7 Å². The largest absolute Gasteiger partial charge is 0.395 e. The van der Waals surface area contributed by atoms with Crippen molar-refractivity contribution in [2.24, 2.45) is 0 Å². The van der Waals surface area contributed by atoms with Crippen molar-refractivity contribution in [1.29, 1.82) is 0 Å². The van der Waals surface area contributed by atoms with Crippen LogP contribution in [-0.4, -0.2) is 54.2 Å². The average Bonchev–Trinajstić information content (AvgIpc) is 2.42. The number of benzene rings is 1. The molecule has 0 bridgehead atoms. The Kier molecular flexibility index (Phi) is 5.82. The fourth-order valence-corrected chi connectivity index (χ4v) is 2.97. The van der Waals surface area contributed by atoms with Crippen LogP contribution in [0, 0.1) is 0 Å². The van der Waals surface area contributed by atoms with Gasteiger partial charge < -0.3 is 10.0 Å². The molecular formula is C15H23BrN2O. The summed E-state index contributed by atoms with van der Waals surface area (Å²) in [5.41, 5.74) is 1.32. The molecule has 0 atom stereocenters. The summed E-state index contributed by atoms with van der Waals surface area (Å²) in [5.74, 6) is 0. The van der Waals surface area contributed by atoms with E-state index in [0.29, 0.717) is 6.04 Å². The second-order valence-corrected chi connectivity index (χ2v) is 6.27. The van der Waals surface area contributed by atoms with Gasteiger partial charge >= 0.3 is 0 Å². The van der Waals surface area contributed by atoms with Crippen LogP contribution >= 0.6 is 15.9 Å². The van der Waals surface area contributed by atoms with Crippen LogP contribution in [0.25, 0.3) is 0 Å². The summed E-state index contributed by atoms with van der Waals surface area (Å²) in [6.07, 6.45) is 2.40. The summed E-state index contributed by atoms with van der Waals surface area (Å²) in [4.78, 5) is 4.81. The zero-order valence-electron chi connectivity index (χ0n) is 11.6. The van der Waals surface area contributed by atoms with Gasteiger partial charge in [-0.2, -0.15) is 0 Å². The van der Waals surface area contributed by atoms with Crippen LogP contribution in [0.5, 0.6) is 0 Å². The van der Waals surface area contributed by atoms with Gasteiger partial charge in [-0.05, 0) is 50.7 Å². The van der Waals surface area contributed by atoms with E-state index in [4.69, 9.17) is 0 Å². The molecule has 1 aromatic carbocycles. The molecule has 1 heterocycles. The van der Waals surface area contributed by atoms with Crippen LogP contribution in [0.3, 0.4) is 0 Å². The van der Waals surface area contributed by atoms with E-state index in [9.17, 15) is 5.11 Å². The van der Waals surface area contributed by atoms with Crippen LogP contribution < -0.4 is 0 Å². The molecule has 3 nitrogen and oxygen atoms in total. The molecular weight excluding hydrogens is 304 g/mol. The Balaban J connectivity index is 1.97. The van der Waals surface area contributed by atoms with Crippen molar-refractivity contribution in [3.8, 4) is 0 Å². The van der Waals surface area contributed by atoms with Crippen molar-refractivity contribution in [1.82, 2.24) is 9.80 Å². The number of halogens is 1. The van der Waals surface area contributed by atoms with Gasteiger partial charge in [0.05, 0.1) is 6.61 Å². The lowest BCUT2D eigenvalue weighted by atomic mass is 10.0. The first-order chi connectivity index (χ1) is 9.19. The number of nitrogens with zero attached hydrogens (tertiary/aromatic N) is 2. The number of likely N-dealkylation sites (tertiary alicyclic amines) is 1. The number of rotatable bonds is 5. The zero-order valence-corrected chi connectivity index (χ0v) is 13.1. The second-order valence-electron chi connectivity index (χ2n) is 5.35. The molecule has 1 aromatic rings. The van der Waals surface area contributed by atoms with E-state index in [1.54, 1.807) is 0 Å². The summed E-state index contributed by atoms with van der Waals surface area (Å²) in [6, 6.07) is 9.08. The predicted molar refractivity (Wildman–Crippen MR) is 82.2 cm³/mol. The minimum Gasteiger partial charge on any atom is -0.395 e. The van der Waals surface area contributed by atoms with Crippen molar-refractivity contribution in [3.63, 3.8) is 0 Å². The molecule has 0 spiro atoms. The van der Waals surface area contributed by atoms with Crippen LogP contribution in [-0.2, 0) is 6.54 Å². The molecule has 4 heteroatoms. The summed E-state index contributed by atoms with van der Waals surface area (Å²) in [6.45, 7) is 4.26. The van der Waals surface area contributed by atoms with E-state index >= 15 is 0 Å². The lowest BCUT2D eigenvalue weighted by Gasteiger charge is -2.37. The van der Waals surface area contributed by atoms with E-state index in [1.807, 2.05) is 0 Å².